The van der Waals surface area contributed by atoms with Crippen LogP contribution < -0.4 is 15.5 Å². The van der Waals surface area contributed by atoms with E-state index < -0.39 is 0 Å². The van der Waals surface area contributed by atoms with Gasteiger partial charge < -0.3 is 15.5 Å². The van der Waals surface area contributed by atoms with Gasteiger partial charge in [-0.1, -0.05) is 6.92 Å². The van der Waals surface area contributed by atoms with Crippen LogP contribution in [0, 0.1) is 0 Å². The van der Waals surface area contributed by atoms with Crippen molar-refractivity contribution in [2.45, 2.75) is 20.3 Å². The molecule has 0 radical (unpaired) electrons. The smallest absolute Gasteiger partial charge is 0.231 e. The molecule has 6 heteroatoms. The zero-order chi connectivity index (χ0) is 12.0. The van der Waals surface area contributed by atoms with E-state index in [9.17, 15) is 0 Å². The van der Waals surface area contributed by atoms with Gasteiger partial charge in [0.1, 0.15) is 0 Å². The summed E-state index contributed by atoms with van der Waals surface area (Å²) in [7, 11) is 3.82. The molecule has 0 spiro atoms. The van der Waals surface area contributed by atoms with Crippen molar-refractivity contribution in [1.29, 1.82) is 0 Å². The normalized spacial score (nSPS) is 10.0. The molecule has 1 aromatic rings. The number of nitrogens with zero attached hydrogens (tertiary/aromatic N) is 4. The molecule has 0 unspecified atom stereocenters. The minimum absolute atomic E-state index is 0.611. The molecular weight excluding hydrogens is 204 g/mol. The molecule has 1 rings (SSSR count). The van der Waals surface area contributed by atoms with Crippen molar-refractivity contribution in [3.05, 3.63) is 0 Å². The fraction of sp³-hybridized carbons (Fsp3) is 0.700. The predicted octanol–water partition coefficient (Wildman–Crippen LogP) is 1.19. The summed E-state index contributed by atoms with van der Waals surface area (Å²) in [5.74, 6) is 1.89. The highest BCUT2D eigenvalue weighted by molar-refractivity contribution is 5.42. The summed E-state index contributed by atoms with van der Waals surface area (Å²) in [6.07, 6.45) is 1.04. The third-order valence-electron chi connectivity index (χ3n) is 1.89. The zero-order valence-corrected chi connectivity index (χ0v) is 10.4. The Balaban J connectivity index is 2.89. The number of rotatable bonds is 6. The second-order valence-corrected chi connectivity index (χ2v) is 3.63. The van der Waals surface area contributed by atoms with Gasteiger partial charge in [0.05, 0.1) is 0 Å². The standard InChI is InChI=1S/C10H20N6/c1-5-7-12-9-13-8(11-6-2)14-10(15-9)16(3)4/h5-7H2,1-4H3,(H2,11,12,13,14,15). The van der Waals surface area contributed by atoms with E-state index in [2.05, 4.69) is 32.5 Å². The lowest BCUT2D eigenvalue weighted by molar-refractivity contribution is 0.913. The molecule has 6 nitrogen and oxygen atoms in total. The van der Waals surface area contributed by atoms with Gasteiger partial charge in [-0.05, 0) is 13.3 Å². The van der Waals surface area contributed by atoms with Crippen molar-refractivity contribution in [3.63, 3.8) is 0 Å². The van der Waals surface area contributed by atoms with Crippen LogP contribution in [0.3, 0.4) is 0 Å². The maximum Gasteiger partial charge on any atom is 0.231 e. The van der Waals surface area contributed by atoms with E-state index >= 15 is 0 Å². The number of hydrogen-bond donors (Lipinski definition) is 2. The summed E-state index contributed by atoms with van der Waals surface area (Å²) in [6, 6.07) is 0. The van der Waals surface area contributed by atoms with E-state index in [-0.39, 0.29) is 0 Å². The molecule has 0 saturated heterocycles. The molecule has 0 aliphatic rings. The van der Waals surface area contributed by atoms with E-state index in [0.29, 0.717) is 17.8 Å². The molecular formula is C10H20N6. The van der Waals surface area contributed by atoms with E-state index in [4.69, 9.17) is 0 Å². The van der Waals surface area contributed by atoms with Crippen molar-refractivity contribution in [2.75, 3.05) is 42.7 Å². The Morgan fingerprint density at radius 3 is 2.12 bits per heavy atom. The summed E-state index contributed by atoms with van der Waals surface area (Å²) in [5, 5.41) is 6.25. The largest absolute Gasteiger partial charge is 0.354 e. The fourth-order valence-electron chi connectivity index (χ4n) is 1.12. The Bertz CT molecular complexity index is 325. The molecule has 1 heterocycles. The van der Waals surface area contributed by atoms with Crippen LogP contribution in [-0.4, -0.2) is 42.1 Å². The predicted molar refractivity (Wildman–Crippen MR) is 67.1 cm³/mol. The Morgan fingerprint density at radius 2 is 1.62 bits per heavy atom. The Kier molecular flexibility index (Phi) is 4.75. The van der Waals surface area contributed by atoms with Gasteiger partial charge in [0.15, 0.2) is 0 Å². The fourth-order valence-corrected chi connectivity index (χ4v) is 1.12. The molecule has 16 heavy (non-hydrogen) atoms. The van der Waals surface area contributed by atoms with Crippen LogP contribution in [0.5, 0.6) is 0 Å². The van der Waals surface area contributed by atoms with Crippen molar-refractivity contribution in [2.24, 2.45) is 0 Å². The number of anilines is 3. The molecule has 2 N–H and O–H groups in total. The highest BCUT2D eigenvalue weighted by Crippen LogP contribution is 2.10. The lowest BCUT2D eigenvalue weighted by Gasteiger charge is -2.13. The summed E-state index contributed by atoms with van der Waals surface area (Å²) in [6.45, 7) is 5.77. The third kappa shape index (κ3) is 3.52. The Morgan fingerprint density at radius 1 is 1.00 bits per heavy atom. The summed E-state index contributed by atoms with van der Waals surface area (Å²) in [5.41, 5.74) is 0. The first-order valence-corrected chi connectivity index (χ1v) is 5.58. The quantitative estimate of drug-likeness (QED) is 0.756. The number of nitrogens with one attached hydrogen (secondary N) is 2. The van der Waals surface area contributed by atoms with Gasteiger partial charge in [-0.3, -0.25) is 0 Å². The van der Waals surface area contributed by atoms with Gasteiger partial charge in [0, 0.05) is 27.2 Å². The second kappa shape index (κ2) is 6.09. The van der Waals surface area contributed by atoms with Crippen LogP contribution in [0.15, 0.2) is 0 Å². The Labute approximate surface area is 96.5 Å². The first-order chi connectivity index (χ1) is 7.67. The van der Waals surface area contributed by atoms with Crippen LogP contribution in [0.1, 0.15) is 20.3 Å². The molecule has 0 aliphatic carbocycles. The molecule has 0 bridgehead atoms. The van der Waals surface area contributed by atoms with Crippen LogP contribution in [-0.2, 0) is 0 Å². The monoisotopic (exact) mass is 224 g/mol. The van der Waals surface area contributed by atoms with Gasteiger partial charge >= 0.3 is 0 Å². The summed E-state index contributed by atoms with van der Waals surface area (Å²) in [4.78, 5) is 14.7. The molecule has 0 saturated carbocycles. The van der Waals surface area contributed by atoms with E-state index in [1.807, 2.05) is 25.9 Å². The summed E-state index contributed by atoms with van der Waals surface area (Å²) >= 11 is 0. The van der Waals surface area contributed by atoms with Crippen LogP contribution in [0.25, 0.3) is 0 Å². The minimum atomic E-state index is 0.611. The molecule has 1 aromatic heterocycles. The number of hydrogen-bond acceptors (Lipinski definition) is 6. The summed E-state index contributed by atoms with van der Waals surface area (Å²) < 4.78 is 0. The second-order valence-electron chi connectivity index (χ2n) is 3.63. The molecule has 0 aliphatic heterocycles. The van der Waals surface area contributed by atoms with Crippen LogP contribution in [0.4, 0.5) is 17.8 Å². The average Bonchev–Trinajstić information content (AvgIpc) is 2.26. The molecule has 0 atom stereocenters. The zero-order valence-electron chi connectivity index (χ0n) is 10.4. The van der Waals surface area contributed by atoms with Gasteiger partial charge in [0.2, 0.25) is 17.8 Å². The first-order valence-electron chi connectivity index (χ1n) is 5.58. The average molecular weight is 224 g/mol. The van der Waals surface area contributed by atoms with E-state index in [0.717, 1.165) is 19.5 Å². The van der Waals surface area contributed by atoms with Gasteiger partial charge in [-0.15, -0.1) is 0 Å². The van der Waals surface area contributed by atoms with E-state index in [1.165, 1.54) is 0 Å². The molecule has 0 amide bonds. The lowest BCUT2D eigenvalue weighted by atomic mass is 10.5. The highest BCUT2D eigenvalue weighted by atomic mass is 15.3. The minimum Gasteiger partial charge on any atom is -0.354 e. The van der Waals surface area contributed by atoms with Gasteiger partial charge in [0.25, 0.3) is 0 Å². The van der Waals surface area contributed by atoms with Gasteiger partial charge in [-0.25, -0.2) is 0 Å². The maximum atomic E-state index is 4.31. The number of aromatic nitrogens is 3. The van der Waals surface area contributed by atoms with Crippen LogP contribution in [0.2, 0.25) is 0 Å². The van der Waals surface area contributed by atoms with Crippen LogP contribution >= 0.6 is 0 Å². The topological polar surface area (TPSA) is 66.0 Å². The Hall–Kier alpha value is -1.59. The molecule has 0 fully saturated rings. The lowest BCUT2D eigenvalue weighted by Crippen LogP contribution is -2.17. The van der Waals surface area contributed by atoms with Gasteiger partial charge in [-0.2, -0.15) is 15.0 Å². The first kappa shape index (κ1) is 12.5. The SMILES string of the molecule is CCCNc1nc(NCC)nc(N(C)C)n1. The van der Waals surface area contributed by atoms with Crippen molar-refractivity contribution < 1.29 is 0 Å². The molecule has 90 valence electrons. The third-order valence-corrected chi connectivity index (χ3v) is 1.89. The molecule has 0 aromatic carbocycles. The highest BCUT2D eigenvalue weighted by Gasteiger charge is 2.06. The van der Waals surface area contributed by atoms with E-state index in [1.54, 1.807) is 0 Å². The van der Waals surface area contributed by atoms with Crippen molar-refractivity contribution in [1.82, 2.24) is 15.0 Å². The van der Waals surface area contributed by atoms with Crippen molar-refractivity contribution >= 4 is 17.8 Å². The maximum absolute atomic E-state index is 4.31. The van der Waals surface area contributed by atoms with Crippen molar-refractivity contribution in [3.8, 4) is 0 Å².